The highest BCUT2D eigenvalue weighted by Gasteiger charge is 2.29. The zero-order chi connectivity index (χ0) is 23.1. The highest BCUT2D eigenvalue weighted by atomic mass is 19.1. The summed E-state index contributed by atoms with van der Waals surface area (Å²) in [6.07, 6.45) is -1.60. The van der Waals surface area contributed by atoms with Crippen molar-refractivity contribution in [1.29, 1.82) is 0 Å². The number of carbonyl (C=O) groups excluding carboxylic acids is 2. The van der Waals surface area contributed by atoms with E-state index in [9.17, 15) is 18.4 Å². The van der Waals surface area contributed by atoms with E-state index < -0.39 is 35.8 Å². The van der Waals surface area contributed by atoms with Crippen molar-refractivity contribution >= 4 is 11.9 Å². The number of halogens is 2. The third-order valence-corrected chi connectivity index (χ3v) is 4.23. The van der Waals surface area contributed by atoms with Crippen LogP contribution in [-0.2, 0) is 19.1 Å². The van der Waals surface area contributed by atoms with Crippen molar-refractivity contribution < 1.29 is 46.8 Å². The van der Waals surface area contributed by atoms with Gasteiger partial charge in [-0.3, -0.25) is 0 Å². The molecule has 2 aliphatic rings. The van der Waals surface area contributed by atoms with E-state index in [1.165, 1.54) is 36.4 Å². The van der Waals surface area contributed by atoms with Crippen LogP contribution in [-0.4, -0.2) is 50.6 Å². The van der Waals surface area contributed by atoms with E-state index in [1.807, 2.05) is 0 Å². The summed E-state index contributed by atoms with van der Waals surface area (Å²) < 4.78 is 56.5. The van der Waals surface area contributed by atoms with Gasteiger partial charge in [0, 0.05) is 12.1 Å². The Kier molecular flexibility index (Phi) is 7.69. The maximum Gasteiger partial charge on any atom is 0.350 e. The quantitative estimate of drug-likeness (QED) is 0.654. The fourth-order valence-electron chi connectivity index (χ4n) is 2.79. The lowest BCUT2D eigenvalue weighted by atomic mass is 10.2. The molecule has 2 heterocycles. The third kappa shape index (κ3) is 5.77. The molecule has 2 aromatic carbocycles. The van der Waals surface area contributed by atoms with Gasteiger partial charge in [0.15, 0.2) is 23.0 Å². The molecule has 0 amide bonds. The molecule has 2 unspecified atom stereocenters. The maximum absolute atomic E-state index is 12.9. The van der Waals surface area contributed by atoms with Gasteiger partial charge in [0.25, 0.3) is 0 Å². The molecule has 0 saturated carbocycles. The summed E-state index contributed by atoms with van der Waals surface area (Å²) in [4.78, 5) is 22.7. The SMILES string of the molecule is CCOC(=O)C1COc2cc(F)ccc2O1.CCOC(=O)C1COc2ccc(F)cc2O1. The first-order valence-electron chi connectivity index (χ1n) is 9.92. The molecule has 8 nitrogen and oxygen atoms in total. The van der Waals surface area contributed by atoms with Crippen molar-refractivity contribution in [2.75, 3.05) is 26.4 Å². The smallest absolute Gasteiger partial charge is 0.350 e. The van der Waals surface area contributed by atoms with E-state index in [4.69, 9.17) is 28.4 Å². The molecule has 0 saturated heterocycles. The second-order valence-corrected chi connectivity index (χ2v) is 6.52. The van der Waals surface area contributed by atoms with Gasteiger partial charge in [0.1, 0.15) is 24.8 Å². The molecule has 2 aliphatic heterocycles. The van der Waals surface area contributed by atoms with Gasteiger partial charge < -0.3 is 28.4 Å². The molecule has 0 fully saturated rings. The predicted molar refractivity (Wildman–Crippen MR) is 106 cm³/mol. The minimum atomic E-state index is -0.825. The predicted octanol–water partition coefficient (Wildman–Crippen LogP) is 3.06. The van der Waals surface area contributed by atoms with E-state index in [0.717, 1.165) is 0 Å². The van der Waals surface area contributed by atoms with Gasteiger partial charge in [-0.2, -0.15) is 0 Å². The molecule has 172 valence electrons. The third-order valence-electron chi connectivity index (χ3n) is 4.23. The number of hydrogen-bond acceptors (Lipinski definition) is 8. The van der Waals surface area contributed by atoms with Crippen LogP contribution in [0.25, 0.3) is 0 Å². The molecule has 0 spiro atoms. The molecule has 2 aromatic rings. The number of rotatable bonds is 4. The summed E-state index contributed by atoms with van der Waals surface area (Å²) in [6, 6.07) is 7.81. The van der Waals surface area contributed by atoms with Crippen LogP contribution in [0, 0.1) is 11.6 Å². The van der Waals surface area contributed by atoms with Crippen molar-refractivity contribution in [3.63, 3.8) is 0 Å². The van der Waals surface area contributed by atoms with Crippen LogP contribution in [0.15, 0.2) is 36.4 Å². The first kappa shape index (κ1) is 23.1. The molecule has 2 atom stereocenters. The van der Waals surface area contributed by atoms with Crippen LogP contribution in [0.2, 0.25) is 0 Å². The molecule has 4 rings (SSSR count). The molecular formula is C22H22F2O8. The number of carbonyl (C=O) groups is 2. The minimum Gasteiger partial charge on any atom is -0.485 e. The Morgan fingerprint density at radius 1 is 0.781 bits per heavy atom. The zero-order valence-electron chi connectivity index (χ0n) is 17.5. The van der Waals surface area contributed by atoms with Crippen LogP contribution in [0.3, 0.4) is 0 Å². The summed E-state index contributed by atoms with van der Waals surface area (Å²) >= 11 is 0. The van der Waals surface area contributed by atoms with Crippen LogP contribution in [0.1, 0.15) is 13.8 Å². The Morgan fingerprint density at radius 2 is 1.25 bits per heavy atom. The standard InChI is InChI=1S/2C11H11FO4/c1-2-14-11(13)10-6-15-9-5-7(12)3-4-8(9)16-10;1-2-14-11(13)10-6-15-8-4-3-7(12)5-9(8)16-10/h2*3-5,10H,2,6H2,1H3. The first-order valence-corrected chi connectivity index (χ1v) is 9.92. The van der Waals surface area contributed by atoms with E-state index in [-0.39, 0.29) is 32.2 Å². The Hall–Kier alpha value is -3.56. The average Bonchev–Trinajstić information content (AvgIpc) is 2.79. The fraction of sp³-hybridized carbons (Fsp3) is 0.364. The molecule has 10 heteroatoms. The topological polar surface area (TPSA) is 89.5 Å². The highest BCUT2D eigenvalue weighted by Crippen LogP contribution is 2.33. The van der Waals surface area contributed by atoms with Gasteiger partial charge in [-0.1, -0.05) is 0 Å². The highest BCUT2D eigenvalue weighted by molar-refractivity contribution is 5.76. The molecule has 0 radical (unpaired) electrons. The summed E-state index contributed by atoms with van der Waals surface area (Å²) in [5, 5.41) is 0. The van der Waals surface area contributed by atoms with Gasteiger partial charge in [0.05, 0.1) is 13.2 Å². The zero-order valence-corrected chi connectivity index (χ0v) is 17.5. The molecule has 0 bridgehead atoms. The van der Waals surface area contributed by atoms with E-state index >= 15 is 0 Å². The van der Waals surface area contributed by atoms with E-state index in [2.05, 4.69) is 0 Å². The van der Waals surface area contributed by atoms with Crippen molar-refractivity contribution in [3.8, 4) is 23.0 Å². The monoisotopic (exact) mass is 452 g/mol. The molecule has 0 aromatic heterocycles. The summed E-state index contributed by atoms with van der Waals surface area (Å²) in [7, 11) is 0. The summed E-state index contributed by atoms with van der Waals surface area (Å²) in [5.74, 6) is -0.504. The summed E-state index contributed by atoms with van der Waals surface area (Å²) in [6.45, 7) is 4.09. The van der Waals surface area contributed by atoms with Gasteiger partial charge in [-0.25, -0.2) is 18.4 Å². The van der Waals surface area contributed by atoms with Gasteiger partial charge >= 0.3 is 11.9 Å². The minimum absolute atomic E-state index is 0.0370. The van der Waals surface area contributed by atoms with Gasteiger partial charge in [-0.15, -0.1) is 0 Å². The van der Waals surface area contributed by atoms with Crippen LogP contribution < -0.4 is 18.9 Å². The maximum atomic E-state index is 12.9. The lowest BCUT2D eigenvalue weighted by Gasteiger charge is -2.24. The van der Waals surface area contributed by atoms with Crippen LogP contribution in [0.5, 0.6) is 23.0 Å². The van der Waals surface area contributed by atoms with Crippen molar-refractivity contribution in [2.45, 2.75) is 26.1 Å². The Morgan fingerprint density at radius 3 is 1.81 bits per heavy atom. The normalized spacial score (nSPS) is 18.0. The number of benzene rings is 2. The van der Waals surface area contributed by atoms with Crippen LogP contribution >= 0.6 is 0 Å². The molecule has 0 aliphatic carbocycles. The lowest BCUT2D eigenvalue weighted by molar-refractivity contribution is -0.154. The second kappa shape index (κ2) is 10.7. The fourth-order valence-corrected chi connectivity index (χ4v) is 2.79. The average molecular weight is 452 g/mol. The number of esters is 2. The van der Waals surface area contributed by atoms with Crippen molar-refractivity contribution in [1.82, 2.24) is 0 Å². The second-order valence-electron chi connectivity index (χ2n) is 6.52. The van der Waals surface area contributed by atoms with Gasteiger partial charge in [-0.05, 0) is 38.1 Å². The Labute approximate surface area is 182 Å². The number of hydrogen-bond donors (Lipinski definition) is 0. The van der Waals surface area contributed by atoms with E-state index in [1.54, 1.807) is 13.8 Å². The van der Waals surface area contributed by atoms with E-state index in [0.29, 0.717) is 17.2 Å². The van der Waals surface area contributed by atoms with Crippen LogP contribution in [0.4, 0.5) is 8.78 Å². The molecule has 32 heavy (non-hydrogen) atoms. The Bertz CT molecular complexity index is 965. The van der Waals surface area contributed by atoms with Crippen molar-refractivity contribution in [3.05, 3.63) is 48.0 Å². The molecule has 0 N–H and O–H groups in total. The number of ether oxygens (including phenoxy) is 6. The number of fused-ring (bicyclic) bond motifs is 2. The largest absolute Gasteiger partial charge is 0.485 e. The first-order chi connectivity index (χ1) is 15.4. The molecular weight excluding hydrogens is 430 g/mol. The Balaban J connectivity index is 0.000000181. The van der Waals surface area contributed by atoms with Crippen molar-refractivity contribution in [2.24, 2.45) is 0 Å². The lowest BCUT2D eigenvalue weighted by Crippen LogP contribution is -2.37. The van der Waals surface area contributed by atoms with Gasteiger partial charge in [0.2, 0.25) is 12.2 Å². The summed E-state index contributed by atoms with van der Waals surface area (Å²) in [5.41, 5.74) is 0.